The number of aryl methyl sites for hydroxylation is 1. The molecule has 0 fully saturated rings. The van der Waals surface area contributed by atoms with E-state index in [9.17, 15) is 4.79 Å². The van der Waals surface area contributed by atoms with Crippen LogP contribution in [-0.2, 0) is 24.1 Å². The fraction of sp³-hybridized carbons (Fsp3) is 0.162. The van der Waals surface area contributed by atoms with Gasteiger partial charge in [-0.3, -0.25) is 4.79 Å². The molecule has 0 saturated heterocycles. The molecule has 4 aromatic rings. The number of carbonyl (C=O) groups is 1. The van der Waals surface area contributed by atoms with E-state index in [0.29, 0.717) is 0 Å². The molecule has 7 rings (SSSR count). The van der Waals surface area contributed by atoms with Gasteiger partial charge in [-0.25, -0.2) is 0 Å². The maximum absolute atomic E-state index is 10.2. The Kier molecular flexibility index (Phi) is 8.41. The third kappa shape index (κ3) is 6.34. The molecule has 1 unspecified atom stereocenters. The number of aliphatic carboxylic acids is 1. The van der Waals surface area contributed by atoms with Crippen LogP contribution >= 0.6 is 27.7 Å². The Balaban J connectivity index is 0.000000258. The molecule has 0 saturated carbocycles. The van der Waals surface area contributed by atoms with Crippen molar-refractivity contribution in [3.63, 3.8) is 0 Å². The summed E-state index contributed by atoms with van der Waals surface area (Å²) in [5.74, 6) is -0.738. The quantitative estimate of drug-likeness (QED) is 0.247. The van der Waals surface area contributed by atoms with Crippen LogP contribution in [0.4, 0.5) is 0 Å². The van der Waals surface area contributed by atoms with Gasteiger partial charge in [0.15, 0.2) is 0 Å². The number of rotatable bonds is 4. The van der Waals surface area contributed by atoms with Crippen LogP contribution in [0.1, 0.15) is 40.7 Å². The molecular formula is C37H31BrO2S. The van der Waals surface area contributed by atoms with Crippen LogP contribution in [0.3, 0.4) is 0 Å². The lowest BCUT2D eigenvalue weighted by molar-refractivity contribution is -0.136. The Morgan fingerprint density at radius 3 is 2.20 bits per heavy atom. The first-order chi connectivity index (χ1) is 20.0. The second-order valence-electron chi connectivity index (χ2n) is 10.6. The summed E-state index contributed by atoms with van der Waals surface area (Å²) >= 11 is 5.06. The van der Waals surface area contributed by atoms with E-state index in [0.717, 1.165) is 23.7 Å². The van der Waals surface area contributed by atoms with Gasteiger partial charge in [-0.2, -0.15) is 0 Å². The Morgan fingerprint density at radius 2 is 1.46 bits per heavy atom. The molecule has 0 bridgehead atoms. The van der Waals surface area contributed by atoms with E-state index in [1.54, 1.807) is 22.9 Å². The van der Waals surface area contributed by atoms with Crippen LogP contribution in [0.15, 0.2) is 113 Å². The summed E-state index contributed by atoms with van der Waals surface area (Å²) in [7, 11) is 0. The molecule has 0 amide bonds. The summed E-state index contributed by atoms with van der Waals surface area (Å²) < 4.78 is 1.12. The number of carboxylic acids is 1. The average molecular weight is 620 g/mol. The summed E-state index contributed by atoms with van der Waals surface area (Å²) in [6.45, 7) is 0. The molecule has 0 aromatic heterocycles. The van der Waals surface area contributed by atoms with E-state index in [2.05, 4.69) is 107 Å². The first kappa shape index (κ1) is 27.6. The van der Waals surface area contributed by atoms with Crippen LogP contribution in [0.25, 0.3) is 33.9 Å². The molecule has 1 heterocycles. The average Bonchev–Trinajstić information content (AvgIpc) is 3.01. The van der Waals surface area contributed by atoms with Crippen LogP contribution in [0.5, 0.6) is 0 Å². The van der Waals surface area contributed by atoms with E-state index in [-0.39, 0.29) is 11.7 Å². The van der Waals surface area contributed by atoms with Gasteiger partial charge >= 0.3 is 5.97 Å². The molecule has 41 heavy (non-hydrogen) atoms. The second-order valence-corrected chi connectivity index (χ2v) is 12.6. The lowest BCUT2D eigenvalue weighted by atomic mass is 9.78. The minimum atomic E-state index is -0.738. The molecule has 4 aromatic carbocycles. The number of halogens is 1. The lowest BCUT2D eigenvalue weighted by Gasteiger charge is -2.26. The highest BCUT2D eigenvalue weighted by atomic mass is 79.9. The Morgan fingerprint density at radius 1 is 0.756 bits per heavy atom. The van der Waals surface area contributed by atoms with Gasteiger partial charge in [0.1, 0.15) is 0 Å². The SMILES string of the molecule is Brc1ccc(-c2ccc(C3=Cc4ccc5c(c4CC3)CCc3ccccc3-5)cc2)cc1.O=C(O)CC1C=CC=CS1. The van der Waals surface area contributed by atoms with Gasteiger partial charge in [0.25, 0.3) is 0 Å². The normalized spacial score (nSPS) is 16.4. The van der Waals surface area contributed by atoms with E-state index in [4.69, 9.17) is 5.11 Å². The zero-order chi connectivity index (χ0) is 28.2. The summed E-state index contributed by atoms with van der Waals surface area (Å²) in [6, 6.07) is 31.2. The molecule has 204 valence electrons. The minimum absolute atomic E-state index is 0.127. The number of fused-ring (bicyclic) bond motifs is 5. The summed E-state index contributed by atoms with van der Waals surface area (Å²) in [4.78, 5) is 10.2. The van der Waals surface area contributed by atoms with Gasteiger partial charge in [0, 0.05) is 9.72 Å². The van der Waals surface area contributed by atoms with Gasteiger partial charge in [-0.1, -0.05) is 113 Å². The van der Waals surface area contributed by atoms with Crippen molar-refractivity contribution in [3.05, 3.63) is 141 Å². The molecule has 1 aliphatic heterocycles. The van der Waals surface area contributed by atoms with Gasteiger partial charge in [0.05, 0.1) is 6.42 Å². The molecule has 0 radical (unpaired) electrons. The highest BCUT2D eigenvalue weighted by Crippen LogP contribution is 2.40. The molecule has 3 aliphatic rings. The number of carboxylic acid groups (broad SMARTS) is 1. The number of allylic oxidation sites excluding steroid dienone is 3. The topological polar surface area (TPSA) is 37.3 Å². The third-order valence-electron chi connectivity index (χ3n) is 7.97. The maximum Gasteiger partial charge on any atom is 0.304 e. The molecule has 0 spiro atoms. The Hall–Kier alpha value is -3.60. The fourth-order valence-electron chi connectivity index (χ4n) is 5.92. The predicted molar refractivity (Wildman–Crippen MR) is 177 cm³/mol. The van der Waals surface area contributed by atoms with Crippen molar-refractivity contribution in [2.75, 3.05) is 0 Å². The number of hydrogen-bond donors (Lipinski definition) is 1. The maximum atomic E-state index is 10.2. The van der Waals surface area contributed by atoms with E-state index < -0.39 is 5.97 Å². The van der Waals surface area contributed by atoms with E-state index in [1.165, 1.54) is 50.9 Å². The first-order valence-corrected chi connectivity index (χ1v) is 15.8. The summed E-state index contributed by atoms with van der Waals surface area (Å²) in [5.41, 5.74) is 14.3. The third-order valence-corrected chi connectivity index (χ3v) is 9.49. The van der Waals surface area contributed by atoms with Crippen molar-refractivity contribution < 1.29 is 9.90 Å². The molecular weight excluding hydrogens is 588 g/mol. The molecule has 1 atom stereocenters. The summed E-state index contributed by atoms with van der Waals surface area (Å²) in [6.07, 6.45) is 12.9. The van der Waals surface area contributed by atoms with Gasteiger partial charge in [0.2, 0.25) is 0 Å². The highest BCUT2D eigenvalue weighted by Gasteiger charge is 2.22. The minimum Gasteiger partial charge on any atom is -0.481 e. The second kappa shape index (κ2) is 12.5. The van der Waals surface area contributed by atoms with E-state index in [1.807, 2.05) is 23.6 Å². The van der Waals surface area contributed by atoms with Crippen LogP contribution in [0, 0.1) is 0 Å². The highest BCUT2D eigenvalue weighted by molar-refractivity contribution is 9.10. The predicted octanol–water partition coefficient (Wildman–Crippen LogP) is 10.0. The van der Waals surface area contributed by atoms with Gasteiger partial charge < -0.3 is 5.11 Å². The molecule has 4 heteroatoms. The van der Waals surface area contributed by atoms with Crippen molar-refractivity contribution in [2.24, 2.45) is 0 Å². The monoisotopic (exact) mass is 618 g/mol. The van der Waals surface area contributed by atoms with Crippen molar-refractivity contribution in [1.29, 1.82) is 0 Å². The Bertz CT molecular complexity index is 1660. The lowest BCUT2D eigenvalue weighted by Crippen LogP contribution is -2.10. The van der Waals surface area contributed by atoms with Crippen LogP contribution < -0.4 is 0 Å². The van der Waals surface area contributed by atoms with Crippen molar-refractivity contribution in [1.82, 2.24) is 0 Å². The largest absolute Gasteiger partial charge is 0.481 e. The number of hydrogen-bond acceptors (Lipinski definition) is 2. The van der Waals surface area contributed by atoms with Crippen molar-refractivity contribution in [2.45, 2.75) is 37.4 Å². The molecule has 2 nitrogen and oxygen atoms in total. The van der Waals surface area contributed by atoms with Crippen molar-refractivity contribution >= 4 is 45.3 Å². The summed E-state index contributed by atoms with van der Waals surface area (Å²) in [5, 5.41) is 10.4. The van der Waals surface area contributed by atoms with Gasteiger partial charge in [-0.05, 0) is 98.9 Å². The van der Waals surface area contributed by atoms with Gasteiger partial charge in [-0.15, -0.1) is 11.8 Å². The smallest absolute Gasteiger partial charge is 0.304 e. The Labute approximate surface area is 254 Å². The van der Waals surface area contributed by atoms with E-state index >= 15 is 0 Å². The number of benzene rings is 4. The molecule has 2 aliphatic carbocycles. The number of thioether (sulfide) groups is 1. The fourth-order valence-corrected chi connectivity index (χ4v) is 6.99. The van der Waals surface area contributed by atoms with Crippen molar-refractivity contribution in [3.8, 4) is 22.3 Å². The standard InChI is InChI=1S/C30H23Br.C7H8O2S/c31-26-14-9-21(10-15-26)20-5-7-22(8-6-20)24-12-16-28-25(19-24)13-18-29-27-4-2-1-3-23(27)11-17-30(28)29;8-7(9)5-6-3-1-2-4-10-6/h1-10,13-15,18-19H,11-12,16-17H2;1-4,6H,5H2,(H,8,9). The zero-order valence-electron chi connectivity index (χ0n) is 22.7. The van der Waals surface area contributed by atoms with Crippen LogP contribution in [0.2, 0.25) is 0 Å². The molecule has 1 N–H and O–H groups in total. The zero-order valence-corrected chi connectivity index (χ0v) is 25.1. The van der Waals surface area contributed by atoms with Crippen LogP contribution in [-0.4, -0.2) is 16.3 Å². The first-order valence-electron chi connectivity index (χ1n) is 14.1.